The molecule has 0 fully saturated rings. The summed E-state index contributed by atoms with van der Waals surface area (Å²) in [4.78, 5) is 11.0. The first-order valence-electron chi connectivity index (χ1n) is 9.59. The van der Waals surface area contributed by atoms with Crippen molar-refractivity contribution in [2.24, 2.45) is 4.99 Å². The lowest BCUT2D eigenvalue weighted by molar-refractivity contribution is 0.311. The maximum Gasteiger partial charge on any atom is 0.191 e. The number of hydrogen-bond donors (Lipinski definition) is 2. The van der Waals surface area contributed by atoms with Crippen LogP contribution in [-0.2, 0) is 6.54 Å². The Kier molecular flexibility index (Phi) is 12.0. The molecule has 0 saturated heterocycles. The number of hydrogen-bond acceptors (Lipinski definition) is 4. The van der Waals surface area contributed by atoms with E-state index in [-0.39, 0.29) is 24.0 Å². The fourth-order valence-electron chi connectivity index (χ4n) is 2.65. The van der Waals surface area contributed by atoms with Crippen molar-refractivity contribution in [3.8, 4) is 5.75 Å². The van der Waals surface area contributed by atoms with Crippen LogP contribution in [0.1, 0.15) is 25.8 Å². The number of pyridine rings is 1. The van der Waals surface area contributed by atoms with Crippen LogP contribution < -0.4 is 20.3 Å². The quantitative estimate of drug-likeness (QED) is 0.227. The van der Waals surface area contributed by atoms with Gasteiger partial charge in [-0.25, -0.2) is 4.98 Å². The van der Waals surface area contributed by atoms with Gasteiger partial charge < -0.3 is 20.3 Å². The first-order valence-corrected chi connectivity index (χ1v) is 9.59. The van der Waals surface area contributed by atoms with Gasteiger partial charge in [0.25, 0.3) is 0 Å². The van der Waals surface area contributed by atoms with E-state index in [1.54, 1.807) is 7.05 Å². The Morgan fingerprint density at radius 1 is 1.07 bits per heavy atom. The molecule has 0 atom stereocenters. The Morgan fingerprint density at radius 3 is 2.43 bits per heavy atom. The molecule has 2 rings (SSSR count). The van der Waals surface area contributed by atoms with Crippen LogP contribution in [0.4, 0.5) is 5.82 Å². The van der Waals surface area contributed by atoms with E-state index in [9.17, 15) is 0 Å². The molecule has 1 aromatic heterocycles. The Hall–Kier alpha value is -2.03. The van der Waals surface area contributed by atoms with Crippen molar-refractivity contribution in [2.45, 2.75) is 26.8 Å². The van der Waals surface area contributed by atoms with E-state index in [0.717, 1.165) is 49.1 Å². The molecule has 0 saturated carbocycles. The largest absolute Gasteiger partial charge is 0.494 e. The van der Waals surface area contributed by atoms with Crippen LogP contribution in [0.5, 0.6) is 5.75 Å². The van der Waals surface area contributed by atoms with Crippen molar-refractivity contribution in [2.75, 3.05) is 38.2 Å². The van der Waals surface area contributed by atoms with Gasteiger partial charge in [0.2, 0.25) is 0 Å². The molecule has 1 aromatic carbocycles. The van der Waals surface area contributed by atoms with E-state index in [1.165, 1.54) is 0 Å². The zero-order valence-electron chi connectivity index (χ0n) is 17.0. The SMILES string of the molecule is CCN(CC)c1ccc(CNC(=NC)NCCCOc2ccccc2)cn1.I. The standard InChI is InChI=1S/C21H31N5O.HI/c1-4-26(5-2)20-13-12-18(16-24-20)17-25-21(22-3)23-14-9-15-27-19-10-7-6-8-11-19;/h6-8,10-13,16H,4-5,9,14-15,17H2,1-3H3,(H2,22,23,25);1H. The van der Waals surface area contributed by atoms with Crippen molar-refractivity contribution >= 4 is 35.8 Å². The van der Waals surface area contributed by atoms with E-state index < -0.39 is 0 Å². The van der Waals surface area contributed by atoms with Gasteiger partial charge in [0.1, 0.15) is 11.6 Å². The van der Waals surface area contributed by atoms with Crippen molar-refractivity contribution in [1.82, 2.24) is 15.6 Å². The molecule has 28 heavy (non-hydrogen) atoms. The molecule has 0 aliphatic rings. The lowest BCUT2D eigenvalue weighted by atomic mass is 10.2. The smallest absolute Gasteiger partial charge is 0.191 e. The molecule has 0 amide bonds. The van der Waals surface area contributed by atoms with Crippen LogP contribution >= 0.6 is 24.0 Å². The molecule has 0 aliphatic heterocycles. The number of rotatable bonds is 10. The summed E-state index contributed by atoms with van der Waals surface area (Å²) in [5.74, 6) is 2.70. The number of aromatic nitrogens is 1. The number of nitrogens with one attached hydrogen (secondary N) is 2. The molecule has 1 heterocycles. The molecule has 0 bridgehead atoms. The number of para-hydroxylation sites is 1. The van der Waals surface area contributed by atoms with Crippen LogP contribution in [0.15, 0.2) is 53.7 Å². The fourth-order valence-corrected chi connectivity index (χ4v) is 2.65. The summed E-state index contributed by atoms with van der Waals surface area (Å²) in [6.45, 7) is 8.36. The number of halogens is 1. The van der Waals surface area contributed by atoms with Crippen LogP contribution in [0.2, 0.25) is 0 Å². The van der Waals surface area contributed by atoms with Crippen LogP contribution in [0, 0.1) is 0 Å². The topological polar surface area (TPSA) is 61.8 Å². The summed E-state index contributed by atoms with van der Waals surface area (Å²) in [5.41, 5.74) is 1.13. The first-order chi connectivity index (χ1) is 13.3. The molecule has 154 valence electrons. The zero-order chi connectivity index (χ0) is 19.3. The number of nitrogens with zero attached hydrogens (tertiary/aromatic N) is 3. The molecule has 7 heteroatoms. The van der Waals surface area contributed by atoms with Gasteiger partial charge in [0, 0.05) is 39.4 Å². The summed E-state index contributed by atoms with van der Waals surface area (Å²) in [6.07, 6.45) is 2.82. The Morgan fingerprint density at radius 2 is 1.82 bits per heavy atom. The highest BCUT2D eigenvalue weighted by atomic mass is 127. The van der Waals surface area contributed by atoms with Gasteiger partial charge >= 0.3 is 0 Å². The highest BCUT2D eigenvalue weighted by Gasteiger charge is 2.04. The number of aliphatic imine (C=N–C) groups is 1. The van der Waals surface area contributed by atoms with Gasteiger partial charge in [-0.2, -0.15) is 0 Å². The lowest BCUT2D eigenvalue weighted by Gasteiger charge is -2.19. The number of ether oxygens (including phenoxy) is 1. The number of benzene rings is 1. The Labute approximate surface area is 185 Å². The second-order valence-electron chi connectivity index (χ2n) is 6.06. The Balaban J connectivity index is 0.00000392. The third-order valence-corrected chi connectivity index (χ3v) is 4.21. The van der Waals surface area contributed by atoms with E-state index in [1.807, 2.05) is 36.5 Å². The lowest BCUT2D eigenvalue weighted by Crippen LogP contribution is -2.37. The van der Waals surface area contributed by atoms with Gasteiger partial charge in [-0.15, -0.1) is 24.0 Å². The highest BCUT2D eigenvalue weighted by Crippen LogP contribution is 2.10. The predicted molar refractivity (Wildman–Crippen MR) is 128 cm³/mol. The summed E-state index contributed by atoms with van der Waals surface area (Å²) >= 11 is 0. The third kappa shape index (κ3) is 8.33. The van der Waals surface area contributed by atoms with Crippen molar-refractivity contribution < 1.29 is 4.74 Å². The predicted octanol–water partition coefficient (Wildman–Crippen LogP) is 3.68. The molecular formula is C21H32IN5O. The van der Waals surface area contributed by atoms with E-state index in [2.05, 4.69) is 51.5 Å². The minimum atomic E-state index is 0. The third-order valence-electron chi connectivity index (χ3n) is 4.21. The molecular weight excluding hydrogens is 465 g/mol. The van der Waals surface area contributed by atoms with Crippen molar-refractivity contribution in [3.63, 3.8) is 0 Å². The molecule has 0 unspecified atom stereocenters. The molecule has 2 aromatic rings. The summed E-state index contributed by atoms with van der Waals surface area (Å²) < 4.78 is 5.69. The maximum atomic E-state index is 5.69. The van der Waals surface area contributed by atoms with Gasteiger partial charge in [-0.1, -0.05) is 24.3 Å². The monoisotopic (exact) mass is 497 g/mol. The summed E-state index contributed by atoms with van der Waals surface area (Å²) in [5, 5.41) is 6.62. The summed E-state index contributed by atoms with van der Waals surface area (Å²) in [6, 6.07) is 14.0. The molecule has 0 aliphatic carbocycles. The number of anilines is 1. The van der Waals surface area contributed by atoms with Crippen molar-refractivity contribution in [3.05, 3.63) is 54.2 Å². The molecule has 0 spiro atoms. The fraction of sp³-hybridized carbons (Fsp3) is 0.429. The second-order valence-corrected chi connectivity index (χ2v) is 6.06. The molecule has 0 radical (unpaired) electrons. The first kappa shape index (κ1) is 24.0. The van der Waals surface area contributed by atoms with Crippen LogP contribution in [0.25, 0.3) is 0 Å². The minimum Gasteiger partial charge on any atom is -0.494 e. The maximum absolute atomic E-state index is 5.69. The van der Waals surface area contributed by atoms with Crippen LogP contribution in [0.3, 0.4) is 0 Å². The molecule has 2 N–H and O–H groups in total. The molecule has 6 nitrogen and oxygen atoms in total. The zero-order valence-corrected chi connectivity index (χ0v) is 19.3. The summed E-state index contributed by atoms with van der Waals surface area (Å²) in [7, 11) is 1.78. The Bertz CT molecular complexity index is 675. The normalized spacial score (nSPS) is 10.8. The van der Waals surface area contributed by atoms with E-state index >= 15 is 0 Å². The second kappa shape index (κ2) is 14.0. The van der Waals surface area contributed by atoms with E-state index in [0.29, 0.717) is 13.2 Å². The van der Waals surface area contributed by atoms with Gasteiger partial charge in [0.15, 0.2) is 5.96 Å². The average molecular weight is 497 g/mol. The minimum absolute atomic E-state index is 0. The van der Waals surface area contributed by atoms with Gasteiger partial charge in [-0.05, 0) is 44.0 Å². The number of guanidine groups is 1. The highest BCUT2D eigenvalue weighted by molar-refractivity contribution is 14.0. The van der Waals surface area contributed by atoms with Crippen LogP contribution in [-0.4, -0.2) is 44.2 Å². The average Bonchev–Trinajstić information content (AvgIpc) is 2.72. The van der Waals surface area contributed by atoms with Gasteiger partial charge in [-0.3, -0.25) is 4.99 Å². The van der Waals surface area contributed by atoms with Gasteiger partial charge in [0.05, 0.1) is 6.61 Å². The van der Waals surface area contributed by atoms with Crippen molar-refractivity contribution in [1.29, 1.82) is 0 Å². The van der Waals surface area contributed by atoms with E-state index in [4.69, 9.17) is 4.74 Å².